The quantitative estimate of drug-likeness (QED) is 0.856. The van der Waals surface area contributed by atoms with E-state index in [4.69, 9.17) is 9.47 Å². The highest BCUT2D eigenvalue weighted by Gasteiger charge is 2.12. The van der Waals surface area contributed by atoms with Gasteiger partial charge in [-0.15, -0.1) is 10.2 Å². The van der Waals surface area contributed by atoms with Crippen molar-refractivity contribution in [1.82, 2.24) is 14.8 Å². The van der Waals surface area contributed by atoms with Gasteiger partial charge in [0.15, 0.2) is 5.82 Å². The van der Waals surface area contributed by atoms with Gasteiger partial charge in [-0.3, -0.25) is 4.57 Å². The van der Waals surface area contributed by atoms with Crippen molar-refractivity contribution in [3.63, 3.8) is 0 Å². The van der Waals surface area contributed by atoms with Gasteiger partial charge in [0.1, 0.15) is 24.4 Å². The molecule has 1 heterocycles. The molecule has 0 unspecified atom stereocenters. The van der Waals surface area contributed by atoms with Crippen LogP contribution >= 0.6 is 0 Å². The molecule has 0 saturated carbocycles. The molecule has 102 valence electrons. The highest BCUT2D eigenvalue weighted by atomic mass is 16.5. The monoisotopic (exact) mass is 263 g/mol. The molecule has 0 bridgehead atoms. The van der Waals surface area contributed by atoms with Gasteiger partial charge in [0.05, 0.1) is 18.9 Å². The summed E-state index contributed by atoms with van der Waals surface area (Å²) in [4.78, 5) is 0. The second-order valence-electron chi connectivity index (χ2n) is 3.77. The SMILES string of the molecule is CCOc1ccc(OCC)c(-n2cnnc2CO)c1. The lowest BCUT2D eigenvalue weighted by molar-refractivity contribution is 0.268. The predicted octanol–water partition coefficient (Wildman–Crippen LogP) is 1.56. The van der Waals surface area contributed by atoms with E-state index in [0.29, 0.717) is 24.8 Å². The molecule has 6 heteroatoms. The zero-order valence-electron chi connectivity index (χ0n) is 11.0. The summed E-state index contributed by atoms with van der Waals surface area (Å²) in [7, 11) is 0. The lowest BCUT2D eigenvalue weighted by Gasteiger charge is -2.13. The van der Waals surface area contributed by atoms with Crippen LogP contribution in [0, 0.1) is 0 Å². The van der Waals surface area contributed by atoms with Crippen LogP contribution in [-0.4, -0.2) is 33.1 Å². The van der Waals surface area contributed by atoms with E-state index in [0.717, 1.165) is 11.4 Å². The number of rotatable bonds is 6. The maximum atomic E-state index is 9.27. The van der Waals surface area contributed by atoms with Gasteiger partial charge in [-0.05, 0) is 26.0 Å². The van der Waals surface area contributed by atoms with Crippen molar-refractivity contribution in [1.29, 1.82) is 0 Å². The van der Waals surface area contributed by atoms with Crippen molar-refractivity contribution in [2.45, 2.75) is 20.5 Å². The van der Waals surface area contributed by atoms with Gasteiger partial charge in [0.2, 0.25) is 0 Å². The van der Waals surface area contributed by atoms with Crippen molar-refractivity contribution in [2.75, 3.05) is 13.2 Å². The largest absolute Gasteiger partial charge is 0.494 e. The zero-order valence-corrected chi connectivity index (χ0v) is 11.0. The Morgan fingerprint density at radius 1 is 1.21 bits per heavy atom. The van der Waals surface area contributed by atoms with Crippen LogP contribution in [0.4, 0.5) is 0 Å². The normalized spacial score (nSPS) is 10.5. The van der Waals surface area contributed by atoms with Crippen molar-refractivity contribution in [3.05, 3.63) is 30.4 Å². The van der Waals surface area contributed by atoms with Gasteiger partial charge >= 0.3 is 0 Å². The van der Waals surface area contributed by atoms with Crippen molar-refractivity contribution in [3.8, 4) is 17.2 Å². The first-order valence-corrected chi connectivity index (χ1v) is 6.19. The van der Waals surface area contributed by atoms with E-state index in [1.165, 1.54) is 0 Å². The fraction of sp³-hybridized carbons (Fsp3) is 0.385. The summed E-state index contributed by atoms with van der Waals surface area (Å²) in [6.07, 6.45) is 1.54. The second kappa shape index (κ2) is 6.19. The lowest BCUT2D eigenvalue weighted by atomic mass is 10.2. The Kier molecular flexibility index (Phi) is 4.35. The second-order valence-corrected chi connectivity index (χ2v) is 3.77. The van der Waals surface area contributed by atoms with E-state index in [1.54, 1.807) is 10.9 Å². The first-order chi connectivity index (χ1) is 9.30. The van der Waals surface area contributed by atoms with Gasteiger partial charge in [-0.1, -0.05) is 0 Å². The number of ether oxygens (including phenoxy) is 2. The Morgan fingerprint density at radius 2 is 2.00 bits per heavy atom. The Labute approximate surface area is 111 Å². The molecule has 0 spiro atoms. The van der Waals surface area contributed by atoms with Gasteiger partial charge in [-0.2, -0.15) is 0 Å². The molecular weight excluding hydrogens is 246 g/mol. The van der Waals surface area contributed by atoms with Crippen LogP contribution in [0.25, 0.3) is 5.69 Å². The van der Waals surface area contributed by atoms with Crippen LogP contribution in [0.15, 0.2) is 24.5 Å². The zero-order chi connectivity index (χ0) is 13.7. The summed E-state index contributed by atoms with van der Waals surface area (Å²) in [6, 6.07) is 5.53. The summed E-state index contributed by atoms with van der Waals surface area (Å²) in [5.41, 5.74) is 0.752. The molecule has 0 aliphatic carbocycles. The first kappa shape index (κ1) is 13.4. The third-order valence-electron chi connectivity index (χ3n) is 2.56. The Balaban J connectivity index is 2.48. The van der Waals surface area contributed by atoms with Crippen LogP contribution in [0.1, 0.15) is 19.7 Å². The van der Waals surface area contributed by atoms with Crippen molar-refractivity contribution < 1.29 is 14.6 Å². The molecule has 0 aliphatic rings. The smallest absolute Gasteiger partial charge is 0.163 e. The molecule has 1 aromatic carbocycles. The van der Waals surface area contributed by atoms with Gasteiger partial charge in [0.25, 0.3) is 0 Å². The molecule has 19 heavy (non-hydrogen) atoms. The third-order valence-corrected chi connectivity index (χ3v) is 2.56. The molecule has 0 aliphatic heterocycles. The van der Waals surface area contributed by atoms with E-state index in [-0.39, 0.29) is 6.61 Å². The van der Waals surface area contributed by atoms with E-state index < -0.39 is 0 Å². The molecule has 6 nitrogen and oxygen atoms in total. The molecule has 0 fully saturated rings. The fourth-order valence-electron chi connectivity index (χ4n) is 1.79. The number of aromatic nitrogens is 3. The van der Waals surface area contributed by atoms with Crippen LogP contribution in [0.3, 0.4) is 0 Å². The molecular formula is C13H17N3O3. The van der Waals surface area contributed by atoms with Gasteiger partial charge in [0, 0.05) is 6.07 Å². The van der Waals surface area contributed by atoms with E-state index in [2.05, 4.69) is 10.2 Å². The topological polar surface area (TPSA) is 69.4 Å². The number of nitrogens with zero attached hydrogens (tertiary/aromatic N) is 3. The lowest BCUT2D eigenvalue weighted by Crippen LogP contribution is -2.04. The minimum atomic E-state index is -0.190. The highest BCUT2D eigenvalue weighted by Crippen LogP contribution is 2.28. The standard InChI is InChI=1S/C13H17N3O3/c1-3-18-10-5-6-12(19-4-2)11(7-10)16-9-14-15-13(16)8-17/h5-7,9,17H,3-4,8H2,1-2H3. The highest BCUT2D eigenvalue weighted by molar-refractivity contribution is 5.51. The Bertz CT molecular complexity index is 540. The van der Waals surface area contributed by atoms with Crippen LogP contribution < -0.4 is 9.47 Å². The summed E-state index contributed by atoms with van der Waals surface area (Å²) < 4.78 is 12.7. The molecule has 0 atom stereocenters. The Morgan fingerprint density at radius 3 is 2.68 bits per heavy atom. The minimum absolute atomic E-state index is 0.190. The van der Waals surface area contributed by atoms with Crippen molar-refractivity contribution in [2.24, 2.45) is 0 Å². The number of benzene rings is 1. The van der Waals surface area contributed by atoms with Gasteiger partial charge in [-0.25, -0.2) is 0 Å². The molecule has 0 radical (unpaired) electrons. The maximum Gasteiger partial charge on any atom is 0.163 e. The van der Waals surface area contributed by atoms with Crippen LogP contribution in [-0.2, 0) is 6.61 Å². The predicted molar refractivity (Wildman–Crippen MR) is 69.6 cm³/mol. The van der Waals surface area contributed by atoms with E-state index in [9.17, 15) is 5.11 Å². The average molecular weight is 263 g/mol. The summed E-state index contributed by atoms with van der Waals surface area (Å²) >= 11 is 0. The van der Waals surface area contributed by atoms with Crippen LogP contribution in [0.5, 0.6) is 11.5 Å². The molecule has 1 aromatic heterocycles. The number of hydrogen-bond acceptors (Lipinski definition) is 5. The maximum absolute atomic E-state index is 9.27. The van der Waals surface area contributed by atoms with Gasteiger partial charge < -0.3 is 14.6 Å². The number of aliphatic hydroxyl groups excluding tert-OH is 1. The Hall–Kier alpha value is -2.08. The molecule has 2 aromatic rings. The van der Waals surface area contributed by atoms with Crippen molar-refractivity contribution >= 4 is 0 Å². The third kappa shape index (κ3) is 2.85. The minimum Gasteiger partial charge on any atom is -0.494 e. The number of hydrogen-bond donors (Lipinski definition) is 1. The number of aliphatic hydroxyl groups is 1. The molecule has 0 amide bonds. The first-order valence-electron chi connectivity index (χ1n) is 6.19. The average Bonchev–Trinajstić information content (AvgIpc) is 2.89. The molecule has 1 N–H and O–H groups in total. The fourth-order valence-corrected chi connectivity index (χ4v) is 1.79. The summed E-state index contributed by atoms with van der Waals surface area (Å²) in [5.74, 6) is 1.88. The molecule has 0 saturated heterocycles. The van der Waals surface area contributed by atoms with E-state index >= 15 is 0 Å². The van der Waals surface area contributed by atoms with Crippen LogP contribution in [0.2, 0.25) is 0 Å². The summed E-state index contributed by atoms with van der Waals surface area (Å²) in [6.45, 7) is 4.79. The molecule has 2 rings (SSSR count). The van der Waals surface area contributed by atoms with E-state index in [1.807, 2.05) is 32.0 Å². The summed E-state index contributed by atoms with van der Waals surface area (Å²) in [5, 5.41) is 16.9.